The molecule has 0 aliphatic heterocycles. The van der Waals surface area contributed by atoms with Gasteiger partial charge in [-0.25, -0.2) is 17.9 Å². The van der Waals surface area contributed by atoms with Gasteiger partial charge >= 0.3 is 6.09 Å². The van der Waals surface area contributed by atoms with Gasteiger partial charge in [0.1, 0.15) is 0 Å². The number of amides is 1. The van der Waals surface area contributed by atoms with E-state index in [9.17, 15) is 18.3 Å². The minimum absolute atomic E-state index is 0.171. The molecule has 3 aromatic rings. The van der Waals surface area contributed by atoms with Crippen LogP contribution in [0.15, 0.2) is 24.4 Å². The first kappa shape index (κ1) is 22.3. The van der Waals surface area contributed by atoms with Gasteiger partial charge in [0.15, 0.2) is 11.5 Å². The van der Waals surface area contributed by atoms with Gasteiger partial charge < -0.3 is 5.11 Å². The van der Waals surface area contributed by atoms with E-state index < -0.39 is 22.2 Å². The summed E-state index contributed by atoms with van der Waals surface area (Å²) in [5, 5.41) is 17.9. The number of hydrogen-bond acceptors (Lipinski definition) is 7. The number of thiophene rings is 1. The van der Waals surface area contributed by atoms with E-state index in [-0.39, 0.29) is 17.2 Å². The summed E-state index contributed by atoms with van der Waals surface area (Å²) in [6, 6.07) is 3.93. The molecule has 2 N–H and O–H groups in total. The van der Waals surface area contributed by atoms with Crippen molar-refractivity contribution in [3.63, 3.8) is 0 Å². The summed E-state index contributed by atoms with van der Waals surface area (Å²) in [6.07, 6.45) is 1.08. The second-order valence-electron chi connectivity index (χ2n) is 6.30. The molecule has 30 heavy (non-hydrogen) atoms. The average Bonchev–Trinajstić information content (AvgIpc) is 3.16. The molecule has 0 aliphatic rings. The maximum absolute atomic E-state index is 12.2. The van der Waals surface area contributed by atoms with E-state index in [0.717, 1.165) is 22.5 Å². The van der Waals surface area contributed by atoms with Crippen LogP contribution in [0, 0.1) is 0 Å². The third-order valence-corrected chi connectivity index (χ3v) is 6.19. The number of sulfonamides is 1. The lowest BCUT2D eigenvalue weighted by molar-refractivity contribution is 0.199. The van der Waals surface area contributed by atoms with Crippen LogP contribution in [0.3, 0.4) is 0 Å². The molecule has 0 saturated carbocycles. The number of aromatic nitrogens is 4. The Labute approximate surface area is 186 Å². The number of hydrogen-bond donors (Lipinski definition) is 2. The predicted octanol–water partition coefficient (Wildman–Crippen LogP) is 3.86. The van der Waals surface area contributed by atoms with E-state index in [2.05, 4.69) is 20.0 Å². The van der Waals surface area contributed by atoms with Crippen molar-refractivity contribution >= 4 is 62.2 Å². The van der Waals surface area contributed by atoms with Crippen LogP contribution < -0.4 is 9.62 Å². The van der Waals surface area contributed by atoms with E-state index in [1.807, 2.05) is 0 Å². The second kappa shape index (κ2) is 8.38. The number of rotatable bonds is 6. The first-order chi connectivity index (χ1) is 14.0. The van der Waals surface area contributed by atoms with Crippen molar-refractivity contribution in [1.82, 2.24) is 20.0 Å². The zero-order chi connectivity index (χ0) is 22.2. The molecule has 0 aliphatic carbocycles. The summed E-state index contributed by atoms with van der Waals surface area (Å²) in [4.78, 5) is 17.4. The fourth-order valence-corrected chi connectivity index (χ4v) is 5.00. The molecule has 1 atom stereocenters. The van der Waals surface area contributed by atoms with Gasteiger partial charge in [-0.2, -0.15) is 0 Å². The highest BCUT2D eigenvalue weighted by atomic mass is 35.5. The molecular formula is C16H16Cl2N6O4S2. The Morgan fingerprint density at radius 3 is 2.57 bits per heavy atom. The minimum atomic E-state index is -3.46. The van der Waals surface area contributed by atoms with Gasteiger partial charge in [-0.1, -0.05) is 28.4 Å². The Bertz CT molecular complexity index is 1190. The van der Waals surface area contributed by atoms with Crippen LogP contribution in [0.1, 0.15) is 18.5 Å². The molecule has 3 aromatic heterocycles. The second-order valence-corrected chi connectivity index (χ2v) is 10.3. The summed E-state index contributed by atoms with van der Waals surface area (Å²) < 4.78 is 27.2. The van der Waals surface area contributed by atoms with Crippen molar-refractivity contribution in [3.05, 3.63) is 38.6 Å². The largest absolute Gasteiger partial charge is 0.465 e. The molecule has 14 heteroatoms. The van der Waals surface area contributed by atoms with Crippen molar-refractivity contribution in [3.8, 4) is 11.4 Å². The number of nitrogens with zero attached hydrogens (tertiary/aromatic N) is 5. The first-order valence-corrected chi connectivity index (χ1v) is 11.7. The topological polar surface area (TPSA) is 130 Å². The number of aryl methyl sites for hydroxylation is 1. The number of halogens is 2. The average molecular weight is 491 g/mol. The van der Waals surface area contributed by atoms with Gasteiger partial charge in [-0.15, -0.1) is 16.4 Å². The van der Waals surface area contributed by atoms with Gasteiger partial charge in [0.05, 0.1) is 38.5 Å². The smallest absolute Gasteiger partial charge is 0.413 e. The van der Waals surface area contributed by atoms with Crippen molar-refractivity contribution in [2.75, 3.05) is 15.9 Å². The van der Waals surface area contributed by atoms with E-state index >= 15 is 0 Å². The Morgan fingerprint density at radius 2 is 2.07 bits per heavy atom. The highest BCUT2D eigenvalue weighted by molar-refractivity contribution is 7.92. The molecule has 3 heterocycles. The number of carbonyl (C=O) groups is 1. The molecular weight excluding hydrogens is 475 g/mol. The molecule has 0 radical (unpaired) electrons. The Morgan fingerprint density at radius 1 is 1.37 bits per heavy atom. The molecule has 0 unspecified atom stereocenters. The molecule has 3 rings (SSSR count). The SMILES string of the molecule is C[C@H](c1cc(Cl)sc1Cl)N(C(=O)O)c1c(-c2ccc(NS(C)(=O)=O)cn2)nnn1C. The number of carboxylic acid groups (broad SMARTS) is 1. The summed E-state index contributed by atoms with van der Waals surface area (Å²) in [5.74, 6) is 0.171. The van der Waals surface area contributed by atoms with Crippen LogP contribution >= 0.6 is 34.5 Å². The summed E-state index contributed by atoms with van der Waals surface area (Å²) in [7, 11) is -1.91. The van der Waals surface area contributed by atoms with Crippen molar-refractivity contribution in [2.45, 2.75) is 13.0 Å². The zero-order valence-electron chi connectivity index (χ0n) is 15.9. The van der Waals surface area contributed by atoms with Gasteiger partial charge in [0.2, 0.25) is 10.0 Å². The number of anilines is 2. The van der Waals surface area contributed by atoms with Crippen molar-refractivity contribution in [1.29, 1.82) is 0 Å². The van der Waals surface area contributed by atoms with Gasteiger partial charge in [0, 0.05) is 12.6 Å². The van der Waals surface area contributed by atoms with Crippen LogP contribution in [0.4, 0.5) is 16.3 Å². The molecule has 10 nitrogen and oxygen atoms in total. The Balaban J connectivity index is 2.05. The summed E-state index contributed by atoms with van der Waals surface area (Å²) in [6.45, 7) is 1.67. The molecule has 0 saturated heterocycles. The predicted molar refractivity (Wildman–Crippen MR) is 116 cm³/mol. The number of nitrogens with one attached hydrogen (secondary N) is 1. The van der Waals surface area contributed by atoms with Crippen molar-refractivity contribution < 1.29 is 18.3 Å². The first-order valence-electron chi connectivity index (χ1n) is 8.28. The van der Waals surface area contributed by atoms with Crippen LogP contribution in [-0.4, -0.2) is 45.9 Å². The third kappa shape index (κ3) is 4.67. The molecule has 0 bridgehead atoms. The van der Waals surface area contributed by atoms with Crippen molar-refractivity contribution in [2.24, 2.45) is 7.05 Å². The summed E-state index contributed by atoms with van der Waals surface area (Å²) >= 11 is 13.4. The van der Waals surface area contributed by atoms with Crippen LogP contribution in [0.25, 0.3) is 11.4 Å². The van der Waals surface area contributed by atoms with E-state index in [4.69, 9.17) is 23.2 Å². The Kier molecular flexibility index (Phi) is 6.22. The fourth-order valence-electron chi connectivity index (χ4n) is 2.81. The molecule has 0 spiro atoms. The lowest BCUT2D eigenvalue weighted by atomic mass is 10.1. The molecule has 0 aromatic carbocycles. The van der Waals surface area contributed by atoms with E-state index in [1.54, 1.807) is 20.0 Å². The Hall–Kier alpha value is -2.41. The maximum Gasteiger partial charge on any atom is 0.413 e. The quantitative estimate of drug-likeness (QED) is 0.535. The molecule has 160 valence electrons. The van der Waals surface area contributed by atoms with Gasteiger partial charge in [-0.3, -0.25) is 14.6 Å². The number of pyridine rings is 1. The monoisotopic (exact) mass is 490 g/mol. The summed E-state index contributed by atoms with van der Waals surface area (Å²) in [5.41, 5.74) is 1.32. The standard InChI is InChI=1S/C16H16Cl2N6O4S2/c1-8(10-6-12(17)29-14(10)18)24(16(25)26)15-13(20-22-23(15)2)11-5-4-9(7-19-11)21-30(3,27)28/h4-8,21H,1-3H3,(H,25,26)/t8-/m1/s1. The normalized spacial score (nSPS) is 12.6. The highest BCUT2D eigenvalue weighted by Crippen LogP contribution is 2.40. The lowest BCUT2D eigenvalue weighted by Gasteiger charge is -2.26. The minimum Gasteiger partial charge on any atom is -0.465 e. The van der Waals surface area contributed by atoms with Crippen LogP contribution in [0.5, 0.6) is 0 Å². The van der Waals surface area contributed by atoms with E-state index in [1.165, 1.54) is 23.0 Å². The van der Waals surface area contributed by atoms with Crippen LogP contribution in [-0.2, 0) is 17.1 Å². The third-order valence-electron chi connectivity index (χ3n) is 4.06. The van der Waals surface area contributed by atoms with Gasteiger partial charge in [-0.05, 0) is 25.1 Å². The molecule has 0 fully saturated rings. The maximum atomic E-state index is 12.2. The van der Waals surface area contributed by atoms with Crippen LogP contribution in [0.2, 0.25) is 8.67 Å². The van der Waals surface area contributed by atoms with E-state index in [0.29, 0.717) is 19.9 Å². The highest BCUT2D eigenvalue weighted by Gasteiger charge is 2.32. The zero-order valence-corrected chi connectivity index (χ0v) is 19.0. The lowest BCUT2D eigenvalue weighted by Crippen LogP contribution is -2.34. The molecule has 1 amide bonds. The fraction of sp³-hybridized carbons (Fsp3) is 0.250. The van der Waals surface area contributed by atoms with Gasteiger partial charge in [0.25, 0.3) is 0 Å².